The number of hydrogen-bond donors (Lipinski definition) is 1. The third-order valence-corrected chi connectivity index (χ3v) is 4.98. The third-order valence-electron chi connectivity index (χ3n) is 4.98. The zero-order valence-corrected chi connectivity index (χ0v) is 11.8. The Balaban J connectivity index is 1.86. The molecule has 1 aliphatic heterocycles. The highest BCUT2D eigenvalue weighted by atomic mass is 16.5. The van der Waals surface area contributed by atoms with Crippen molar-refractivity contribution in [1.29, 1.82) is 0 Å². The molecule has 0 radical (unpaired) electrons. The Kier molecular flexibility index (Phi) is 2.74. The Morgan fingerprint density at radius 1 is 1.00 bits per heavy atom. The van der Waals surface area contributed by atoms with Crippen LogP contribution in [0.3, 0.4) is 0 Å². The second-order valence-electron chi connectivity index (χ2n) is 6.36. The normalized spacial score (nSPS) is 24.4. The first-order valence-electron chi connectivity index (χ1n) is 7.74. The van der Waals surface area contributed by atoms with Gasteiger partial charge in [-0.15, -0.1) is 0 Å². The Morgan fingerprint density at radius 3 is 2.65 bits per heavy atom. The second kappa shape index (κ2) is 4.49. The van der Waals surface area contributed by atoms with Crippen LogP contribution in [0.15, 0.2) is 36.4 Å². The van der Waals surface area contributed by atoms with Crippen LogP contribution in [0.2, 0.25) is 0 Å². The summed E-state index contributed by atoms with van der Waals surface area (Å²) in [6.07, 6.45) is 7.16. The molecule has 104 valence electrons. The van der Waals surface area contributed by atoms with E-state index < -0.39 is 0 Å². The molecule has 0 amide bonds. The number of nitrogens with two attached hydrogens (primary N) is 1. The van der Waals surface area contributed by atoms with E-state index in [1.54, 1.807) is 0 Å². The molecule has 0 saturated heterocycles. The quantitative estimate of drug-likeness (QED) is 0.771. The molecule has 1 unspecified atom stereocenters. The van der Waals surface area contributed by atoms with Crippen molar-refractivity contribution >= 4 is 10.8 Å². The van der Waals surface area contributed by atoms with Gasteiger partial charge in [0.05, 0.1) is 0 Å². The Hall–Kier alpha value is -1.54. The SMILES string of the molecule is NC1CC2(CCCCC2)Oc2c1ccc1ccccc21. The maximum absolute atomic E-state index is 6.56. The molecule has 1 aliphatic carbocycles. The Bertz CT molecular complexity index is 643. The maximum Gasteiger partial charge on any atom is 0.132 e. The zero-order chi connectivity index (χ0) is 13.6. The highest BCUT2D eigenvalue weighted by Gasteiger charge is 2.41. The number of hydrogen-bond acceptors (Lipinski definition) is 2. The van der Waals surface area contributed by atoms with Gasteiger partial charge in [0, 0.05) is 23.4 Å². The van der Waals surface area contributed by atoms with Gasteiger partial charge in [-0.2, -0.15) is 0 Å². The summed E-state index contributed by atoms with van der Waals surface area (Å²) in [7, 11) is 0. The molecule has 2 heteroatoms. The van der Waals surface area contributed by atoms with Crippen molar-refractivity contribution in [3.63, 3.8) is 0 Å². The molecule has 2 aliphatic rings. The summed E-state index contributed by atoms with van der Waals surface area (Å²) >= 11 is 0. The topological polar surface area (TPSA) is 35.2 Å². The predicted octanol–water partition coefficient (Wildman–Crippen LogP) is 4.33. The van der Waals surface area contributed by atoms with E-state index >= 15 is 0 Å². The molecule has 2 nitrogen and oxygen atoms in total. The van der Waals surface area contributed by atoms with Gasteiger partial charge in [0.2, 0.25) is 0 Å². The third kappa shape index (κ3) is 1.82. The van der Waals surface area contributed by atoms with Gasteiger partial charge in [-0.1, -0.05) is 42.8 Å². The van der Waals surface area contributed by atoms with Gasteiger partial charge in [0.15, 0.2) is 0 Å². The van der Waals surface area contributed by atoms with Crippen LogP contribution in [0, 0.1) is 0 Å². The van der Waals surface area contributed by atoms with Crippen LogP contribution in [0.5, 0.6) is 5.75 Å². The number of rotatable bonds is 0. The van der Waals surface area contributed by atoms with E-state index in [0.29, 0.717) is 0 Å². The number of benzene rings is 2. The second-order valence-corrected chi connectivity index (χ2v) is 6.36. The van der Waals surface area contributed by atoms with Crippen molar-refractivity contribution in [3.05, 3.63) is 42.0 Å². The van der Waals surface area contributed by atoms with E-state index in [1.807, 2.05) is 0 Å². The lowest BCUT2D eigenvalue weighted by molar-refractivity contribution is 0.00350. The first-order chi connectivity index (χ1) is 9.77. The lowest BCUT2D eigenvalue weighted by atomic mass is 9.77. The van der Waals surface area contributed by atoms with Crippen LogP contribution in [0.1, 0.15) is 50.1 Å². The smallest absolute Gasteiger partial charge is 0.132 e. The molecule has 1 atom stereocenters. The van der Waals surface area contributed by atoms with Crippen molar-refractivity contribution in [1.82, 2.24) is 0 Å². The van der Waals surface area contributed by atoms with E-state index in [4.69, 9.17) is 10.5 Å². The molecule has 1 spiro atoms. The molecule has 0 bridgehead atoms. The monoisotopic (exact) mass is 267 g/mol. The average Bonchev–Trinajstić information content (AvgIpc) is 2.48. The minimum absolute atomic E-state index is 0.00517. The summed E-state index contributed by atoms with van der Waals surface area (Å²) < 4.78 is 6.56. The van der Waals surface area contributed by atoms with E-state index in [-0.39, 0.29) is 11.6 Å². The fraction of sp³-hybridized carbons (Fsp3) is 0.444. The summed E-state index contributed by atoms with van der Waals surface area (Å²) in [5, 5.41) is 2.46. The molecule has 4 rings (SSSR count). The van der Waals surface area contributed by atoms with Crippen molar-refractivity contribution in [3.8, 4) is 5.75 Å². The summed E-state index contributed by atoms with van der Waals surface area (Å²) in [6.45, 7) is 0. The summed E-state index contributed by atoms with van der Waals surface area (Å²) in [5.41, 5.74) is 7.64. The van der Waals surface area contributed by atoms with Gasteiger partial charge < -0.3 is 10.5 Å². The molecule has 2 N–H and O–H groups in total. The van der Waals surface area contributed by atoms with Crippen LogP contribution >= 0.6 is 0 Å². The minimum atomic E-state index is -0.00517. The maximum atomic E-state index is 6.56. The zero-order valence-electron chi connectivity index (χ0n) is 11.8. The summed E-state index contributed by atoms with van der Waals surface area (Å²) in [6, 6.07) is 12.9. The molecule has 0 aromatic heterocycles. The van der Waals surface area contributed by atoms with Crippen molar-refractivity contribution in [2.75, 3.05) is 0 Å². The average molecular weight is 267 g/mol. The van der Waals surface area contributed by atoms with Gasteiger partial charge >= 0.3 is 0 Å². The lowest BCUT2D eigenvalue weighted by Crippen LogP contribution is -2.44. The van der Waals surface area contributed by atoms with Crippen LogP contribution in [-0.4, -0.2) is 5.60 Å². The largest absolute Gasteiger partial charge is 0.486 e. The van der Waals surface area contributed by atoms with Crippen molar-refractivity contribution in [2.24, 2.45) is 5.73 Å². The molecule has 1 saturated carbocycles. The van der Waals surface area contributed by atoms with Gasteiger partial charge in [-0.05, 0) is 31.1 Å². The van der Waals surface area contributed by atoms with Crippen LogP contribution in [-0.2, 0) is 0 Å². The standard InChI is InChI=1S/C18H21NO/c19-16-12-18(10-4-1-5-11-18)20-17-14-7-3-2-6-13(14)8-9-15(16)17/h2-3,6-9,16H,1,4-5,10-12,19H2. The van der Waals surface area contributed by atoms with Crippen molar-refractivity contribution in [2.45, 2.75) is 50.2 Å². The highest BCUT2D eigenvalue weighted by molar-refractivity contribution is 5.90. The molecular weight excluding hydrogens is 246 g/mol. The van der Waals surface area contributed by atoms with Gasteiger partial charge in [0.1, 0.15) is 11.4 Å². The van der Waals surface area contributed by atoms with Crippen LogP contribution < -0.4 is 10.5 Å². The van der Waals surface area contributed by atoms with E-state index in [9.17, 15) is 0 Å². The molecule has 2 aromatic carbocycles. The first-order valence-corrected chi connectivity index (χ1v) is 7.74. The van der Waals surface area contributed by atoms with Gasteiger partial charge in [0.25, 0.3) is 0 Å². The Labute approximate surface area is 119 Å². The molecule has 20 heavy (non-hydrogen) atoms. The van der Waals surface area contributed by atoms with Gasteiger partial charge in [-0.3, -0.25) is 0 Å². The van der Waals surface area contributed by atoms with Crippen molar-refractivity contribution < 1.29 is 4.74 Å². The van der Waals surface area contributed by atoms with Crippen LogP contribution in [0.4, 0.5) is 0 Å². The van der Waals surface area contributed by atoms with Gasteiger partial charge in [-0.25, -0.2) is 0 Å². The first kappa shape index (κ1) is 12.2. The Morgan fingerprint density at radius 2 is 1.80 bits per heavy atom. The minimum Gasteiger partial charge on any atom is -0.486 e. The highest BCUT2D eigenvalue weighted by Crippen LogP contribution is 2.47. The summed E-state index contributed by atoms with van der Waals surface area (Å²) in [4.78, 5) is 0. The predicted molar refractivity (Wildman–Crippen MR) is 81.9 cm³/mol. The summed E-state index contributed by atoms with van der Waals surface area (Å²) in [5.74, 6) is 1.05. The lowest BCUT2D eigenvalue weighted by Gasteiger charge is -2.44. The fourth-order valence-corrected chi connectivity index (χ4v) is 3.94. The molecular formula is C18H21NO. The molecule has 2 aromatic rings. The molecule has 1 heterocycles. The van der Waals surface area contributed by atoms with E-state index in [2.05, 4.69) is 36.4 Å². The number of fused-ring (bicyclic) bond motifs is 3. The van der Waals surface area contributed by atoms with Crippen LogP contribution in [0.25, 0.3) is 10.8 Å². The van der Waals surface area contributed by atoms with E-state index in [1.165, 1.54) is 35.6 Å². The molecule has 1 fully saturated rings. The number of ether oxygens (including phenoxy) is 1. The van der Waals surface area contributed by atoms with E-state index in [0.717, 1.165) is 25.0 Å². The fourth-order valence-electron chi connectivity index (χ4n) is 3.94.